The van der Waals surface area contributed by atoms with Crippen LogP contribution in [0.25, 0.3) is 0 Å². The van der Waals surface area contributed by atoms with Crippen LogP contribution in [0.4, 0.5) is 26.3 Å². The Labute approximate surface area is 211 Å². The first-order chi connectivity index (χ1) is 17.1. The molecule has 0 spiro atoms. The molecule has 3 rings (SSSR count). The number of benzene rings is 2. The highest BCUT2D eigenvalue weighted by atomic mass is 19.4. The summed E-state index contributed by atoms with van der Waals surface area (Å²) in [7, 11) is 0. The van der Waals surface area contributed by atoms with Crippen LogP contribution in [0.5, 0.6) is 0 Å². The van der Waals surface area contributed by atoms with Crippen LogP contribution in [0.2, 0.25) is 0 Å². The largest absolute Gasteiger partial charge is 0.416 e. The fourth-order valence-electron chi connectivity index (χ4n) is 4.40. The molecule has 0 saturated carbocycles. The fourth-order valence-corrected chi connectivity index (χ4v) is 4.40. The molecule has 2 aromatic carbocycles. The molecule has 0 aromatic heterocycles. The number of rotatable bonds is 6. The van der Waals surface area contributed by atoms with Crippen molar-refractivity contribution in [1.29, 1.82) is 0 Å². The summed E-state index contributed by atoms with van der Waals surface area (Å²) in [6.45, 7) is 6.97. The summed E-state index contributed by atoms with van der Waals surface area (Å²) in [6, 6.07) is 6.26. The molecule has 1 saturated heterocycles. The molecule has 0 unspecified atom stereocenters. The Balaban J connectivity index is 1.93. The molecule has 37 heavy (non-hydrogen) atoms. The molecule has 0 bridgehead atoms. The van der Waals surface area contributed by atoms with Gasteiger partial charge in [0.25, 0.3) is 5.91 Å². The van der Waals surface area contributed by atoms with Gasteiger partial charge in [-0.3, -0.25) is 14.5 Å². The van der Waals surface area contributed by atoms with Gasteiger partial charge in [-0.1, -0.05) is 18.2 Å². The monoisotopic (exact) mass is 529 g/mol. The van der Waals surface area contributed by atoms with Gasteiger partial charge in [0.1, 0.15) is 0 Å². The van der Waals surface area contributed by atoms with E-state index < -0.39 is 41.0 Å². The summed E-state index contributed by atoms with van der Waals surface area (Å²) in [5, 5.41) is 2.70. The number of piperazine rings is 1. The minimum Gasteiger partial charge on any atom is -0.355 e. The number of nitrogens with one attached hydrogen (secondary N) is 1. The Morgan fingerprint density at radius 3 is 2.08 bits per heavy atom. The maximum atomic E-state index is 13.4. The highest BCUT2D eigenvalue weighted by Crippen LogP contribution is 2.37. The van der Waals surface area contributed by atoms with Crippen molar-refractivity contribution in [2.45, 2.75) is 45.6 Å². The van der Waals surface area contributed by atoms with Gasteiger partial charge in [-0.05, 0) is 55.2 Å². The number of aryl methyl sites for hydroxylation is 2. The lowest BCUT2D eigenvalue weighted by Gasteiger charge is -2.42. The summed E-state index contributed by atoms with van der Waals surface area (Å²) in [5.74, 6) is -1.07. The first kappa shape index (κ1) is 28.5. The Morgan fingerprint density at radius 2 is 1.54 bits per heavy atom. The first-order valence-electron chi connectivity index (χ1n) is 11.8. The van der Waals surface area contributed by atoms with Gasteiger partial charge in [-0.25, -0.2) is 0 Å². The summed E-state index contributed by atoms with van der Waals surface area (Å²) in [5.41, 5.74) is -0.702. The number of nitrogens with zero attached hydrogens (tertiary/aromatic N) is 2. The summed E-state index contributed by atoms with van der Waals surface area (Å²) in [4.78, 5) is 28.0. The molecule has 0 radical (unpaired) electrons. The van der Waals surface area contributed by atoms with Crippen LogP contribution in [-0.4, -0.2) is 60.4 Å². The quantitative estimate of drug-likeness (QED) is 0.545. The Morgan fingerprint density at radius 1 is 0.919 bits per heavy atom. The van der Waals surface area contributed by atoms with E-state index in [0.29, 0.717) is 44.7 Å². The molecule has 0 aliphatic carbocycles. The van der Waals surface area contributed by atoms with Gasteiger partial charge in [-0.15, -0.1) is 0 Å². The van der Waals surface area contributed by atoms with Gasteiger partial charge in [0.2, 0.25) is 5.91 Å². The number of halogens is 6. The van der Waals surface area contributed by atoms with Crippen molar-refractivity contribution >= 4 is 11.8 Å². The number of carbonyl (C=O) groups is 2. The summed E-state index contributed by atoms with van der Waals surface area (Å²) < 4.78 is 80.2. The second kappa shape index (κ2) is 11.1. The first-order valence-corrected chi connectivity index (χ1v) is 11.8. The average molecular weight is 530 g/mol. The van der Waals surface area contributed by atoms with E-state index in [1.807, 2.05) is 36.9 Å². The highest BCUT2D eigenvalue weighted by Gasteiger charge is 2.39. The van der Waals surface area contributed by atoms with Crippen molar-refractivity contribution in [3.05, 3.63) is 69.8 Å². The molecular formula is C26H29F6N3O2. The minimum absolute atomic E-state index is 0.0172. The van der Waals surface area contributed by atoms with E-state index in [9.17, 15) is 35.9 Å². The topological polar surface area (TPSA) is 52.7 Å². The van der Waals surface area contributed by atoms with Crippen molar-refractivity contribution in [3.63, 3.8) is 0 Å². The van der Waals surface area contributed by atoms with Crippen LogP contribution in [0.3, 0.4) is 0 Å². The standard InChI is InChI=1S/C26H29F6N3O2/c1-16-4-5-19(10-17(16)2)11-23-15-34(7-6-33-18(3)36)8-9-35(23)24(37)20-12-21(25(27,28)29)14-22(13-20)26(30,31)32/h4-5,10,12-14,23H,6-9,11,15H2,1-3H3,(H,33,36)/t23-/m1/s1. The van der Waals surface area contributed by atoms with Crippen molar-refractivity contribution in [3.8, 4) is 0 Å². The third-order valence-electron chi connectivity index (χ3n) is 6.51. The van der Waals surface area contributed by atoms with Crippen molar-refractivity contribution in [1.82, 2.24) is 15.1 Å². The molecule has 11 heteroatoms. The van der Waals surface area contributed by atoms with Crippen LogP contribution in [0.15, 0.2) is 36.4 Å². The van der Waals surface area contributed by atoms with Gasteiger partial charge >= 0.3 is 12.4 Å². The molecular weight excluding hydrogens is 500 g/mol. The van der Waals surface area contributed by atoms with E-state index >= 15 is 0 Å². The van der Waals surface area contributed by atoms with Crippen LogP contribution in [0.1, 0.15) is 45.1 Å². The molecule has 1 N–H and O–H groups in total. The molecule has 1 atom stereocenters. The number of hydrogen-bond donors (Lipinski definition) is 1. The van der Waals surface area contributed by atoms with Crippen LogP contribution in [-0.2, 0) is 23.6 Å². The summed E-state index contributed by atoms with van der Waals surface area (Å²) >= 11 is 0. The SMILES string of the molecule is CC(=O)NCCN1CCN(C(=O)c2cc(C(F)(F)F)cc(C(F)(F)F)c2)[C@H](Cc2ccc(C)c(C)c2)C1. The lowest BCUT2D eigenvalue weighted by Crippen LogP contribution is -2.56. The fraction of sp³-hybridized carbons (Fsp3) is 0.462. The molecule has 2 aromatic rings. The van der Waals surface area contributed by atoms with Crippen molar-refractivity contribution in [2.75, 3.05) is 32.7 Å². The smallest absolute Gasteiger partial charge is 0.355 e. The predicted octanol–water partition coefficient (Wildman–Crippen LogP) is 4.85. The van der Waals surface area contributed by atoms with E-state index in [1.165, 1.54) is 11.8 Å². The van der Waals surface area contributed by atoms with Gasteiger partial charge in [0.05, 0.1) is 11.1 Å². The molecule has 5 nitrogen and oxygen atoms in total. The molecule has 2 amide bonds. The highest BCUT2D eigenvalue weighted by molar-refractivity contribution is 5.95. The zero-order valence-electron chi connectivity index (χ0n) is 20.8. The van der Waals surface area contributed by atoms with E-state index in [2.05, 4.69) is 5.32 Å². The normalized spacial score (nSPS) is 17.1. The number of hydrogen-bond acceptors (Lipinski definition) is 3. The maximum Gasteiger partial charge on any atom is 0.416 e. The van der Waals surface area contributed by atoms with Gasteiger partial charge in [0.15, 0.2) is 0 Å². The molecule has 202 valence electrons. The number of amides is 2. The lowest BCUT2D eigenvalue weighted by molar-refractivity contribution is -0.143. The Bertz CT molecular complexity index is 1110. The summed E-state index contributed by atoms with van der Waals surface area (Å²) in [6.07, 6.45) is -9.72. The van der Waals surface area contributed by atoms with Crippen LogP contribution < -0.4 is 5.32 Å². The number of carbonyl (C=O) groups excluding carboxylic acids is 2. The van der Waals surface area contributed by atoms with Gasteiger partial charge < -0.3 is 10.2 Å². The van der Waals surface area contributed by atoms with E-state index in [0.717, 1.165) is 16.7 Å². The van der Waals surface area contributed by atoms with Crippen LogP contribution >= 0.6 is 0 Å². The van der Waals surface area contributed by atoms with E-state index in [-0.39, 0.29) is 18.5 Å². The molecule has 1 heterocycles. The maximum absolute atomic E-state index is 13.4. The van der Waals surface area contributed by atoms with E-state index in [4.69, 9.17) is 0 Å². The third-order valence-corrected chi connectivity index (χ3v) is 6.51. The average Bonchev–Trinajstić information content (AvgIpc) is 2.79. The van der Waals surface area contributed by atoms with Gasteiger partial charge in [0, 0.05) is 51.3 Å². The lowest BCUT2D eigenvalue weighted by atomic mass is 9.97. The Kier molecular flexibility index (Phi) is 8.56. The second-order valence-electron chi connectivity index (χ2n) is 9.35. The van der Waals surface area contributed by atoms with Gasteiger partial charge in [-0.2, -0.15) is 26.3 Å². The molecule has 1 aliphatic rings. The van der Waals surface area contributed by atoms with E-state index in [1.54, 1.807) is 0 Å². The zero-order valence-corrected chi connectivity index (χ0v) is 20.8. The molecule has 1 aliphatic heterocycles. The Hall–Kier alpha value is -3.08. The van der Waals surface area contributed by atoms with Crippen molar-refractivity contribution < 1.29 is 35.9 Å². The number of alkyl halides is 6. The van der Waals surface area contributed by atoms with Crippen molar-refractivity contribution in [2.24, 2.45) is 0 Å². The second-order valence-corrected chi connectivity index (χ2v) is 9.35. The zero-order chi connectivity index (χ0) is 27.5. The van der Waals surface area contributed by atoms with Crippen LogP contribution in [0, 0.1) is 13.8 Å². The minimum atomic E-state index is -5.04. The third kappa shape index (κ3) is 7.47. The predicted molar refractivity (Wildman–Crippen MR) is 126 cm³/mol. The molecule has 1 fully saturated rings.